The summed E-state index contributed by atoms with van der Waals surface area (Å²) in [5, 5.41) is 0. The lowest BCUT2D eigenvalue weighted by molar-refractivity contribution is -0.137. The van der Waals surface area contributed by atoms with Gasteiger partial charge in [-0.3, -0.25) is 4.79 Å². The molecule has 1 heterocycles. The molecule has 0 saturated carbocycles. The molecule has 0 aliphatic carbocycles. The summed E-state index contributed by atoms with van der Waals surface area (Å²) in [6.07, 6.45) is -1.34. The maximum absolute atomic E-state index is 13.0. The summed E-state index contributed by atoms with van der Waals surface area (Å²) in [5.41, 5.74) is 0.626. The molecule has 0 radical (unpaired) electrons. The van der Waals surface area contributed by atoms with Crippen molar-refractivity contribution in [3.8, 4) is 0 Å². The predicted octanol–water partition coefficient (Wildman–Crippen LogP) is 3.67. The van der Waals surface area contributed by atoms with E-state index in [1.165, 1.54) is 17.7 Å². The lowest BCUT2D eigenvalue weighted by Gasteiger charge is -2.30. The van der Waals surface area contributed by atoms with Crippen LogP contribution in [0.4, 0.5) is 18.9 Å². The molecule has 0 saturated heterocycles. The Bertz CT molecular complexity index is 520. The minimum atomic E-state index is -4.45. The quantitative estimate of drug-likeness (QED) is 0.603. The van der Waals surface area contributed by atoms with Gasteiger partial charge in [-0.15, -0.1) is 0 Å². The van der Waals surface area contributed by atoms with Crippen molar-refractivity contribution in [3.63, 3.8) is 0 Å². The van der Waals surface area contributed by atoms with Gasteiger partial charge in [-0.05, 0) is 31.5 Å². The molecule has 0 spiro atoms. The first-order chi connectivity index (χ1) is 8.91. The van der Waals surface area contributed by atoms with E-state index in [9.17, 15) is 18.0 Å². The van der Waals surface area contributed by atoms with E-state index in [4.69, 9.17) is 0 Å². The van der Waals surface area contributed by atoms with E-state index in [0.717, 1.165) is 12.5 Å². The highest BCUT2D eigenvalue weighted by Gasteiger charge is 2.35. The monoisotopic (exact) mass is 269 g/mol. The average Bonchev–Trinajstić information content (AvgIpc) is 2.38. The first-order valence-corrected chi connectivity index (χ1v) is 5.99. The van der Waals surface area contributed by atoms with E-state index in [1.54, 1.807) is 4.90 Å². The van der Waals surface area contributed by atoms with Gasteiger partial charge in [0.15, 0.2) is 0 Å². The largest absolute Gasteiger partial charge is 0.418 e. The lowest BCUT2D eigenvalue weighted by atomic mass is 10.0. The first-order valence-electron chi connectivity index (χ1n) is 5.99. The number of anilines is 1. The second kappa shape index (κ2) is 5.07. The Morgan fingerprint density at radius 3 is 2.58 bits per heavy atom. The fraction of sp³-hybridized carbons (Fsp3) is 0.357. The fourth-order valence-electron chi connectivity index (χ4n) is 2.12. The van der Waals surface area contributed by atoms with Crippen molar-refractivity contribution in [3.05, 3.63) is 41.0 Å². The summed E-state index contributed by atoms with van der Waals surface area (Å²) in [5.74, 6) is 0. The summed E-state index contributed by atoms with van der Waals surface area (Å²) >= 11 is 0. The normalized spacial score (nSPS) is 16.2. The molecule has 0 N–H and O–H groups in total. The molecular weight excluding hydrogens is 255 g/mol. The molecular formula is C14H14F3NO. The number of carbonyl (C=O) groups is 1. The van der Waals surface area contributed by atoms with Crippen LogP contribution in [0.1, 0.15) is 29.3 Å². The highest BCUT2D eigenvalue weighted by molar-refractivity contribution is 5.77. The molecule has 1 aliphatic heterocycles. The minimum absolute atomic E-state index is 0.0415. The van der Waals surface area contributed by atoms with Gasteiger partial charge in [0.05, 0.1) is 5.56 Å². The Kier molecular flexibility index (Phi) is 3.64. The Hall–Kier alpha value is -1.78. The van der Waals surface area contributed by atoms with Crippen molar-refractivity contribution in [2.24, 2.45) is 0 Å². The van der Waals surface area contributed by atoms with Crippen LogP contribution in [-0.4, -0.2) is 19.4 Å². The van der Waals surface area contributed by atoms with E-state index in [-0.39, 0.29) is 11.3 Å². The molecule has 0 unspecified atom stereocenters. The molecule has 2 rings (SSSR count). The number of benzene rings is 1. The van der Waals surface area contributed by atoms with Crippen LogP contribution in [0.5, 0.6) is 0 Å². The van der Waals surface area contributed by atoms with E-state index < -0.39 is 11.7 Å². The SMILES string of the molecule is CC1=CCN(c2ccc(C=O)cc2C(F)(F)F)CC1. The number of alkyl halides is 3. The maximum Gasteiger partial charge on any atom is 0.418 e. The van der Waals surface area contributed by atoms with Gasteiger partial charge in [-0.2, -0.15) is 13.2 Å². The van der Waals surface area contributed by atoms with Crippen LogP contribution in [0.3, 0.4) is 0 Å². The third-order valence-corrected chi connectivity index (χ3v) is 3.24. The predicted molar refractivity (Wildman–Crippen MR) is 67.4 cm³/mol. The van der Waals surface area contributed by atoms with Gasteiger partial charge in [-0.25, -0.2) is 0 Å². The molecule has 0 atom stereocenters. The standard InChI is InChI=1S/C14H14F3NO/c1-10-4-6-18(7-5-10)13-3-2-11(9-19)8-12(13)14(15,16)17/h2-4,8-9H,5-7H2,1H3. The van der Waals surface area contributed by atoms with Crippen LogP contribution in [0.15, 0.2) is 29.8 Å². The highest BCUT2D eigenvalue weighted by Crippen LogP contribution is 2.37. The van der Waals surface area contributed by atoms with Crippen LogP contribution in [0, 0.1) is 0 Å². The minimum Gasteiger partial charge on any atom is -0.367 e. The molecule has 19 heavy (non-hydrogen) atoms. The molecule has 0 fully saturated rings. The second-order valence-corrected chi connectivity index (χ2v) is 4.64. The van der Waals surface area contributed by atoms with Gasteiger partial charge < -0.3 is 4.90 Å². The fourth-order valence-corrected chi connectivity index (χ4v) is 2.12. The molecule has 2 nitrogen and oxygen atoms in total. The van der Waals surface area contributed by atoms with E-state index in [0.29, 0.717) is 19.4 Å². The van der Waals surface area contributed by atoms with Crippen molar-refractivity contribution in [2.75, 3.05) is 18.0 Å². The molecule has 0 aromatic heterocycles. The Morgan fingerprint density at radius 1 is 1.32 bits per heavy atom. The first kappa shape index (κ1) is 13.6. The van der Waals surface area contributed by atoms with Crippen molar-refractivity contribution in [1.82, 2.24) is 0 Å². The van der Waals surface area contributed by atoms with Crippen molar-refractivity contribution < 1.29 is 18.0 Å². The zero-order valence-electron chi connectivity index (χ0n) is 10.5. The van der Waals surface area contributed by atoms with Crippen molar-refractivity contribution in [1.29, 1.82) is 0 Å². The number of hydrogen-bond donors (Lipinski definition) is 0. The van der Waals surface area contributed by atoms with Gasteiger partial charge in [0, 0.05) is 24.3 Å². The summed E-state index contributed by atoms with van der Waals surface area (Å²) in [4.78, 5) is 12.3. The Balaban J connectivity index is 2.42. The molecule has 102 valence electrons. The van der Waals surface area contributed by atoms with E-state index in [1.807, 2.05) is 13.0 Å². The molecule has 5 heteroatoms. The zero-order valence-corrected chi connectivity index (χ0v) is 10.5. The molecule has 1 aromatic rings. The number of hydrogen-bond acceptors (Lipinski definition) is 2. The smallest absolute Gasteiger partial charge is 0.367 e. The Labute approximate surface area is 109 Å². The number of nitrogens with zero attached hydrogens (tertiary/aromatic N) is 1. The number of aldehydes is 1. The van der Waals surface area contributed by atoms with Crippen LogP contribution in [0.25, 0.3) is 0 Å². The van der Waals surface area contributed by atoms with Gasteiger partial charge >= 0.3 is 6.18 Å². The van der Waals surface area contributed by atoms with Gasteiger partial charge in [0.1, 0.15) is 6.29 Å². The summed E-state index contributed by atoms with van der Waals surface area (Å²) in [7, 11) is 0. The topological polar surface area (TPSA) is 20.3 Å². The highest BCUT2D eigenvalue weighted by atomic mass is 19.4. The van der Waals surface area contributed by atoms with Gasteiger partial charge in [0.25, 0.3) is 0 Å². The zero-order chi connectivity index (χ0) is 14.0. The average molecular weight is 269 g/mol. The molecule has 0 bridgehead atoms. The van der Waals surface area contributed by atoms with Crippen LogP contribution >= 0.6 is 0 Å². The van der Waals surface area contributed by atoms with Crippen LogP contribution < -0.4 is 4.90 Å². The summed E-state index contributed by atoms with van der Waals surface area (Å²) < 4.78 is 39.1. The Morgan fingerprint density at radius 2 is 2.05 bits per heavy atom. The van der Waals surface area contributed by atoms with Crippen LogP contribution in [-0.2, 0) is 6.18 Å². The lowest BCUT2D eigenvalue weighted by Crippen LogP contribution is -2.30. The third kappa shape index (κ3) is 2.97. The summed E-state index contributed by atoms with van der Waals surface area (Å²) in [6.45, 7) is 3.00. The second-order valence-electron chi connectivity index (χ2n) is 4.64. The van der Waals surface area contributed by atoms with E-state index in [2.05, 4.69) is 0 Å². The van der Waals surface area contributed by atoms with Crippen LogP contribution in [0.2, 0.25) is 0 Å². The van der Waals surface area contributed by atoms with Gasteiger partial charge in [0.2, 0.25) is 0 Å². The number of halogens is 3. The molecule has 0 amide bonds. The molecule has 1 aliphatic rings. The van der Waals surface area contributed by atoms with Gasteiger partial charge in [-0.1, -0.05) is 11.6 Å². The van der Waals surface area contributed by atoms with E-state index >= 15 is 0 Å². The molecule has 1 aromatic carbocycles. The number of carbonyl (C=O) groups excluding carboxylic acids is 1. The van der Waals surface area contributed by atoms with Crippen molar-refractivity contribution >= 4 is 12.0 Å². The van der Waals surface area contributed by atoms with Crippen molar-refractivity contribution in [2.45, 2.75) is 19.5 Å². The maximum atomic E-state index is 13.0. The third-order valence-electron chi connectivity index (χ3n) is 3.24. The number of rotatable bonds is 2. The summed E-state index contributed by atoms with van der Waals surface area (Å²) in [6, 6.07) is 3.71.